The molecule has 1 aliphatic heterocycles. The third-order valence-corrected chi connectivity index (χ3v) is 4.08. The lowest BCUT2D eigenvalue weighted by atomic mass is 9.95. The van der Waals surface area contributed by atoms with Gasteiger partial charge in [0, 0.05) is 16.1 Å². The maximum atomic E-state index is 12.0. The molecule has 0 spiro atoms. The standard InChI is InChI=1S/C14H18Cl2N2O/c1-9-8-17-5-4-13(9)18-14(19)6-10-2-3-11(15)7-12(10)16/h2-3,7,9,13,17H,4-6,8H2,1H3,(H,18,19). The first kappa shape index (κ1) is 14.6. The average molecular weight is 301 g/mol. The summed E-state index contributed by atoms with van der Waals surface area (Å²) in [5.74, 6) is 0.473. The summed E-state index contributed by atoms with van der Waals surface area (Å²) in [5.41, 5.74) is 0.810. The molecule has 1 amide bonds. The molecule has 19 heavy (non-hydrogen) atoms. The lowest BCUT2D eigenvalue weighted by molar-refractivity contribution is -0.121. The average Bonchev–Trinajstić information content (AvgIpc) is 2.36. The van der Waals surface area contributed by atoms with Crippen molar-refractivity contribution in [2.75, 3.05) is 13.1 Å². The first-order valence-electron chi connectivity index (χ1n) is 6.50. The van der Waals surface area contributed by atoms with Crippen LogP contribution in [0.15, 0.2) is 18.2 Å². The summed E-state index contributed by atoms with van der Waals surface area (Å²) in [4.78, 5) is 12.0. The predicted octanol–water partition coefficient (Wildman–Crippen LogP) is 2.65. The molecule has 3 nitrogen and oxygen atoms in total. The maximum Gasteiger partial charge on any atom is 0.224 e. The summed E-state index contributed by atoms with van der Waals surface area (Å²) in [5, 5.41) is 7.53. The number of hydrogen-bond donors (Lipinski definition) is 2. The molecule has 104 valence electrons. The van der Waals surface area contributed by atoms with Gasteiger partial charge in [0.1, 0.15) is 0 Å². The Bertz CT molecular complexity index is 465. The van der Waals surface area contributed by atoms with Crippen LogP contribution >= 0.6 is 23.2 Å². The van der Waals surface area contributed by atoms with Gasteiger partial charge in [-0.1, -0.05) is 36.2 Å². The van der Waals surface area contributed by atoms with Crippen molar-refractivity contribution in [1.82, 2.24) is 10.6 Å². The van der Waals surface area contributed by atoms with Crippen molar-refractivity contribution >= 4 is 29.1 Å². The van der Waals surface area contributed by atoms with E-state index in [4.69, 9.17) is 23.2 Å². The summed E-state index contributed by atoms with van der Waals surface area (Å²) in [6.07, 6.45) is 1.27. The van der Waals surface area contributed by atoms with Gasteiger partial charge < -0.3 is 10.6 Å². The number of hydrogen-bond acceptors (Lipinski definition) is 2. The Labute approximate surface area is 123 Å². The van der Waals surface area contributed by atoms with Gasteiger partial charge in [-0.3, -0.25) is 4.79 Å². The summed E-state index contributed by atoms with van der Waals surface area (Å²) in [7, 11) is 0. The van der Waals surface area contributed by atoms with Gasteiger partial charge in [-0.05, 0) is 43.1 Å². The minimum absolute atomic E-state index is 0.0166. The third-order valence-electron chi connectivity index (χ3n) is 3.50. The molecule has 0 radical (unpaired) electrons. The number of amides is 1. The fraction of sp³-hybridized carbons (Fsp3) is 0.500. The second kappa shape index (κ2) is 6.60. The highest BCUT2D eigenvalue weighted by molar-refractivity contribution is 6.35. The van der Waals surface area contributed by atoms with Gasteiger partial charge in [0.05, 0.1) is 6.42 Å². The minimum Gasteiger partial charge on any atom is -0.353 e. The first-order chi connectivity index (χ1) is 9.06. The van der Waals surface area contributed by atoms with E-state index >= 15 is 0 Å². The largest absolute Gasteiger partial charge is 0.353 e. The molecule has 2 N–H and O–H groups in total. The number of nitrogens with one attached hydrogen (secondary N) is 2. The predicted molar refractivity (Wildman–Crippen MR) is 78.7 cm³/mol. The Kier molecular flexibility index (Phi) is 5.08. The van der Waals surface area contributed by atoms with Crippen LogP contribution in [-0.4, -0.2) is 25.0 Å². The molecule has 1 aliphatic rings. The van der Waals surface area contributed by atoms with Crippen LogP contribution in [0.3, 0.4) is 0 Å². The summed E-state index contributed by atoms with van der Waals surface area (Å²) in [6.45, 7) is 4.05. The molecule has 2 rings (SSSR count). The zero-order chi connectivity index (χ0) is 13.8. The molecular weight excluding hydrogens is 283 g/mol. The number of carbonyl (C=O) groups excluding carboxylic acids is 1. The Morgan fingerprint density at radius 2 is 2.26 bits per heavy atom. The van der Waals surface area contributed by atoms with Crippen molar-refractivity contribution < 1.29 is 4.79 Å². The molecule has 2 unspecified atom stereocenters. The molecule has 1 fully saturated rings. The minimum atomic E-state index is 0.0166. The van der Waals surface area contributed by atoms with E-state index in [0.717, 1.165) is 25.1 Å². The molecule has 1 aromatic rings. The van der Waals surface area contributed by atoms with Crippen LogP contribution < -0.4 is 10.6 Å². The summed E-state index contributed by atoms with van der Waals surface area (Å²) >= 11 is 11.9. The van der Waals surface area contributed by atoms with Gasteiger partial charge in [-0.2, -0.15) is 0 Å². The highest BCUT2D eigenvalue weighted by atomic mass is 35.5. The van der Waals surface area contributed by atoms with Crippen LogP contribution in [0.25, 0.3) is 0 Å². The van der Waals surface area contributed by atoms with Crippen LogP contribution in [0.1, 0.15) is 18.9 Å². The highest BCUT2D eigenvalue weighted by Gasteiger charge is 2.22. The van der Waals surface area contributed by atoms with E-state index < -0.39 is 0 Å². The number of piperidine rings is 1. The van der Waals surface area contributed by atoms with Gasteiger partial charge in [-0.15, -0.1) is 0 Å². The number of benzene rings is 1. The van der Waals surface area contributed by atoms with Gasteiger partial charge in [-0.25, -0.2) is 0 Å². The lowest BCUT2D eigenvalue weighted by Crippen LogP contribution is -2.48. The van der Waals surface area contributed by atoms with Crippen molar-refractivity contribution in [2.24, 2.45) is 5.92 Å². The SMILES string of the molecule is CC1CNCCC1NC(=O)Cc1ccc(Cl)cc1Cl. The highest BCUT2D eigenvalue weighted by Crippen LogP contribution is 2.21. The van der Waals surface area contributed by atoms with E-state index in [9.17, 15) is 4.79 Å². The zero-order valence-corrected chi connectivity index (χ0v) is 12.4. The third kappa shape index (κ3) is 4.10. The Morgan fingerprint density at radius 3 is 2.95 bits per heavy atom. The van der Waals surface area contributed by atoms with Gasteiger partial charge in [0.2, 0.25) is 5.91 Å². The van der Waals surface area contributed by atoms with E-state index in [0.29, 0.717) is 22.4 Å². The van der Waals surface area contributed by atoms with Crippen LogP contribution in [0.5, 0.6) is 0 Å². The van der Waals surface area contributed by atoms with E-state index in [-0.39, 0.29) is 11.9 Å². The molecule has 0 aromatic heterocycles. The molecule has 0 aliphatic carbocycles. The quantitative estimate of drug-likeness (QED) is 0.901. The van der Waals surface area contributed by atoms with Crippen molar-refractivity contribution in [2.45, 2.75) is 25.8 Å². The van der Waals surface area contributed by atoms with Crippen LogP contribution in [0.4, 0.5) is 0 Å². The van der Waals surface area contributed by atoms with Crippen molar-refractivity contribution in [3.8, 4) is 0 Å². The number of rotatable bonds is 3. The van der Waals surface area contributed by atoms with Gasteiger partial charge in [0.15, 0.2) is 0 Å². The summed E-state index contributed by atoms with van der Waals surface area (Å²) < 4.78 is 0. The Morgan fingerprint density at radius 1 is 1.47 bits per heavy atom. The first-order valence-corrected chi connectivity index (χ1v) is 7.26. The fourth-order valence-corrected chi connectivity index (χ4v) is 2.80. The monoisotopic (exact) mass is 300 g/mol. The molecule has 1 saturated heterocycles. The second-order valence-electron chi connectivity index (χ2n) is 5.06. The normalized spacial score (nSPS) is 23.1. The molecule has 0 saturated carbocycles. The van der Waals surface area contributed by atoms with Crippen LogP contribution in [0.2, 0.25) is 10.0 Å². The molecule has 1 aromatic carbocycles. The fourth-order valence-electron chi connectivity index (χ4n) is 2.32. The lowest BCUT2D eigenvalue weighted by Gasteiger charge is -2.30. The van der Waals surface area contributed by atoms with Crippen LogP contribution in [-0.2, 0) is 11.2 Å². The van der Waals surface area contributed by atoms with Crippen molar-refractivity contribution in [3.63, 3.8) is 0 Å². The van der Waals surface area contributed by atoms with E-state index in [1.54, 1.807) is 18.2 Å². The summed E-state index contributed by atoms with van der Waals surface area (Å²) in [6, 6.07) is 5.47. The van der Waals surface area contributed by atoms with E-state index in [1.807, 2.05) is 0 Å². The van der Waals surface area contributed by atoms with Crippen molar-refractivity contribution in [3.05, 3.63) is 33.8 Å². The topological polar surface area (TPSA) is 41.1 Å². The molecule has 2 atom stereocenters. The van der Waals surface area contributed by atoms with Crippen molar-refractivity contribution in [1.29, 1.82) is 0 Å². The van der Waals surface area contributed by atoms with E-state index in [2.05, 4.69) is 17.6 Å². The number of carbonyl (C=O) groups is 1. The van der Waals surface area contributed by atoms with E-state index in [1.165, 1.54) is 0 Å². The molecule has 5 heteroatoms. The zero-order valence-electron chi connectivity index (χ0n) is 10.9. The molecular formula is C14H18Cl2N2O. The molecule has 0 bridgehead atoms. The smallest absolute Gasteiger partial charge is 0.224 e. The number of halogens is 2. The van der Waals surface area contributed by atoms with Gasteiger partial charge >= 0.3 is 0 Å². The van der Waals surface area contributed by atoms with Crippen LogP contribution in [0, 0.1) is 5.92 Å². The molecule has 1 heterocycles. The second-order valence-corrected chi connectivity index (χ2v) is 5.90. The Hall–Kier alpha value is -0.770. The van der Waals surface area contributed by atoms with Gasteiger partial charge in [0.25, 0.3) is 0 Å². The Balaban J connectivity index is 1.93. The maximum absolute atomic E-state index is 12.0.